The molecule has 0 aliphatic carbocycles. The SMILES string of the molecule is [C-]#N.[C-]#N.[C-]#N.[C-]#N.[C-]#N.[C-]#N.[Fe+2].[Na+]. The average molecular weight is 235 g/mol. The summed E-state index contributed by atoms with van der Waals surface area (Å²) in [6.45, 7) is 28.5. The van der Waals surface area contributed by atoms with E-state index in [2.05, 4.69) is 0 Å². The molecule has 0 radical (unpaired) electrons. The van der Waals surface area contributed by atoms with E-state index in [1.807, 2.05) is 0 Å². The third kappa shape index (κ3) is 394. The number of hydrogen-bond acceptors (Lipinski definition) is 6. The second-order valence-corrected chi connectivity index (χ2v) is 0. The van der Waals surface area contributed by atoms with E-state index in [1.54, 1.807) is 0 Å². The largest absolute Gasteiger partial charge is 2.00 e. The van der Waals surface area contributed by atoms with Crippen molar-refractivity contribution in [1.29, 1.82) is 31.6 Å². The summed E-state index contributed by atoms with van der Waals surface area (Å²) in [5.41, 5.74) is 0. The van der Waals surface area contributed by atoms with Crippen molar-refractivity contribution in [2.45, 2.75) is 0 Å². The molecule has 0 aromatic rings. The monoisotopic (exact) mass is 235 g/mol. The van der Waals surface area contributed by atoms with Crippen molar-refractivity contribution in [3.8, 4) is 0 Å². The van der Waals surface area contributed by atoms with E-state index >= 15 is 0 Å². The molecule has 0 bridgehead atoms. The van der Waals surface area contributed by atoms with Gasteiger partial charge in [0.15, 0.2) is 0 Å². The first-order valence-electron chi connectivity index (χ1n) is 1.34. The van der Waals surface area contributed by atoms with Crippen LogP contribution in [0.15, 0.2) is 0 Å². The Hall–Kier alpha value is -1.54. The molecule has 0 heterocycles. The van der Waals surface area contributed by atoms with E-state index in [9.17, 15) is 0 Å². The van der Waals surface area contributed by atoms with Crippen LogP contribution in [0.3, 0.4) is 0 Å². The van der Waals surface area contributed by atoms with Gasteiger partial charge in [-0.2, -0.15) is 0 Å². The average Bonchev–Trinajstić information content (AvgIpc) is 2.33. The van der Waals surface area contributed by atoms with Gasteiger partial charge in [0.25, 0.3) is 0 Å². The summed E-state index contributed by atoms with van der Waals surface area (Å²) in [7, 11) is 0. The Morgan fingerprint density at radius 2 is 0.357 bits per heavy atom. The summed E-state index contributed by atoms with van der Waals surface area (Å²) in [6, 6.07) is 0. The quantitative estimate of drug-likeness (QED) is 0.337. The van der Waals surface area contributed by atoms with Crippen LogP contribution in [0.25, 0.3) is 0 Å². The molecule has 0 aromatic carbocycles. The van der Waals surface area contributed by atoms with Crippen LogP contribution < -0.4 is 29.6 Å². The van der Waals surface area contributed by atoms with Crippen molar-refractivity contribution in [2.24, 2.45) is 0 Å². The summed E-state index contributed by atoms with van der Waals surface area (Å²) in [6.07, 6.45) is 0. The molecule has 0 amide bonds. The molecule has 0 aliphatic rings. The van der Waals surface area contributed by atoms with Gasteiger partial charge in [0, 0.05) is 0 Å². The molecule has 0 saturated heterocycles. The minimum Gasteiger partial charge on any atom is -0.512 e. The van der Waals surface area contributed by atoms with Crippen molar-refractivity contribution in [2.75, 3.05) is 0 Å². The summed E-state index contributed by atoms with van der Waals surface area (Å²) in [4.78, 5) is 0. The molecule has 0 saturated carbocycles. The van der Waals surface area contributed by atoms with Crippen LogP contribution >= 0.6 is 0 Å². The molecule has 0 fully saturated rings. The number of nitrogens with zero attached hydrogens (tertiary/aromatic N) is 6. The van der Waals surface area contributed by atoms with Gasteiger partial charge in [-0.3, -0.25) is 0 Å². The van der Waals surface area contributed by atoms with Crippen LogP contribution in [0.1, 0.15) is 0 Å². The van der Waals surface area contributed by atoms with Gasteiger partial charge in [-0.15, -0.1) is 0 Å². The molecular formula is C6FeN6Na-3. The predicted molar refractivity (Wildman–Crippen MR) is 29.8 cm³/mol. The molecule has 0 aliphatic heterocycles. The van der Waals surface area contributed by atoms with E-state index in [4.69, 9.17) is 71.0 Å². The topological polar surface area (TPSA) is 143 Å². The van der Waals surface area contributed by atoms with Crippen molar-refractivity contribution in [3.05, 3.63) is 39.4 Å². The standard InChI is InChI=1S/6CN.Fe.Na/c6*1-2;;/q6*-1;+2;+1. The second kappa shape index (κ2) is 528. The molecule has 66 valence electrons. The maximum absolute atomic E-state index is 6.25. The number of rotatable bonds is 0. The molecule has 0 rings (SSSR count). The van der Waals surface area contributed by atoms with Crippen LogP contribution in [-0.4, -0.2) is 0 Å². The Kier molecular flexibility index (Phi) is 3100. The van der Waals surface area contributed by atoms with Gasteiger partial charge < -0.3 is 71.0 Å². The molecular weight excluding hydrogens is 235 g/mol. The molecule has 0 N–H and O–H groups in total. The molecule has 0 atom stereocenters. The Bertz CT molecular complexity index is 97.3. The number of hydrogen-bond donors (Lipinski definition) is 0. The van der Waals surface area contributed by atoms with Crippen LogP contribution in [0.2, 0.25) is 0 Å². The molecule has 6 nitrogen and oxygen atoms in total. The maximum Gasteiger partial charge on any atom is 2.00 e. The Balaban J connectivity index is -0.00000000500. The van der Waals surface area contributed by atoms with Crippen LogP contribution in [0.5, 0.6) is 0 Å². The molecule has 0 aromatic heterocycles. The summed E-state index contributed by atoms with van der Waals surface area (Å²) in [5.74, 6) is 0. The normalized spacial score (nSPS) is 0.857. The zero-order valence-electron chi connectivity index (χ0n) is 7.04. The third-order valence-electron chi connectivity index (χ3n) is 0. The van der Waals surface area contributed by atoms with Gasteiger partial charge in [0.1, 0.15) is 0 Å². The molecule has 0 unspecified atom stereocenters. The minimum atomic E-state index is 0. The minimum absolute atomic E-state index is 0. The van der Waals surface area contributed by atoms with Crippen LogP contribution in [0, 0.1) is 71.0 Å². The zero-order valence-corrected chi connectivity index (χ0v) is 10.1. The van der Waals surface area contributed by atoms with E-state index < -0.39 is 0 Å². The van der Waals surface area contributed by atoms with E-state index in [1.165, 1.54) is 0 Å². The van der Waals surface area contributed by atoms with Gasteiger partial charge in [-0.25, -0.2) is 0 Å². The Morgan fingerprint density at radius 1 is 0.357 bits per heavy atom. The van der Waals surface area contributed by atoms with Gasteiger partial charge in [0.2, 0.25) is 0 Å². The van der Waals surface area contributed by atoms with Crippen LogP contribution in [0.4, 0.5) is 0 Å². The van der Waals surface area contributed by atoms with Gasteiger partial charge in [-0.05, 0) is 0 Å². The fourth-order valence-electron chi connectivity index (χ4n) is 0. The first kappa shape index (κ1) is 82.3. The smallest absolute Gasteiger partial charge is 0.512 e. The Morgan fingerprint density at radius 3 is 0.357 bits per heavy atom. The Labute approximate surface area is 117 Å². The predicted octanol–water partition coefficient (Wildman–Crippen LogP) is -2.42. The second-order valence-electron chi connectivity index (χ2n) is 0. The van der Waals surface area contributed by atoms with Crippen molar-refractivity contribution in [3.63, 3.8) is 0 Å². The van der Waals surface area contributed by atoms with E-state index in [-0.39, 0.29) is 46.6 Å². The first-order chi connectivity index (χ1) is 6.00. The molecule has 8 heteroatoms. The molecule has 14 heavy (non-hydrogen) atoms. The van der Waals surface area contributed by atoms with Crippen molar-refractivity contribution in [1.82, 2.24) is 0 Å². The zero-order chi connectivity index (χ0) is 12.0. The van der Waals surface area contributed by atoms with Crippen molar-refractivity contribution >= 4 is 0 Å². The van der Waals surface area contributed by atoms with E-state index in [0.29, 0.717) is 0 Å². The third-order valence-corrected chi connectivity index (χ3v) is 0. The van der Waals surface area contributed by atoms with E-state index in [0.717, 1.165) is 0 Å². The summed E-state index contributed by atoms with van der Waals surface area (Å²) >= 11 is 0. The fourth-order valence-corrected chi connectivity index (χ4v) is 0. The first-order valence-corrected chi connectivity index (χ1v) is 1.34. The molecule has 0 spiro atoms. The van der Waals surface area contributed by atoms with Gasteiger partial charge in [0.05, 0.1) is 0 Å². The van der Waals surface area contributed by atoms with Gasteiger partial charge >= 0.3 is 46.6 Å². The van der Waals surface area contributed by atoms with Crippen LogP contribution in [-0.2, 0) is 17.1 Å². The van der Waals surface area contributed by atoms with Gasteiger partial charge in [-0.1, -0.05) is 0 Å². The summed E-state index contributed by atoms with van der Waals surface area (Å²) < 4.78 is 0. The summed E-state index contributed by atoms with van der Waals surface area (Å²) in [5, 5.41) is 37.5. The maximum atomic E-state index is 6.25. The fraction of sp³-hybridized carbons (Fsp3) is 0. The van der Waals surface area contributed by atoms with Crippen molar-refractivity contribution < 1.29 is 46.6 Å².